The third kappa shape index (κ3) is 0.702. The van der Waals surface area contributed by atoms with E-state index in [1.54, 1.807) is 0 Å². The van der Waals surface area contributed by atoms with E-state index >= 15 is 0 Å². The molecular weight excluding hydrogens is 165 g/mol. The SMILES string of the molecule is FN1O[C@](F)(Cl)C1(F)F. The lowest BCUT2D eigenvalue weighted by atomic mass is 10.5. The van der Waals surface area contributed by atoms with E-state index in [2.05, 4.69) is 16.4 Å². The van der Waals surface area contributed by atoms with Crippen molar-refractivity contribution in [1.82, 2.24) is 5.29 Å². The first-order valence-corrected chi connectivity index (χ1v) is 2.16. The Labute approximate surface area is 51.8 Å². The van der Waals surface area contributed by atoms with Crippen LogP contribution in [0.25, 0.3) is 0 Å². The Morgan fingerprint density at radius 3 is 1.78 bits per heavy atom. The molecule has 1 atom stereocenters. The molecule has 1 fully saturated rings. The van der Waals surface area contributed by atoms with Crippen LogP contribution in [0.2, 0.25) is 0 Å². The molecular formula is C2ClF4NO. The third-order valence-corrected chi connectivity index (χ3v) is 1.06. The molecule has 1 rings (SSSR count). The average Bonchev–Trinajstić information content (AvgIpc) is 1.65. The Balaban J connectivity index is 2.70. The summed E-state index contributed by atoms with van der Waals surface area (Å²) in [6.45, 7) is 0. The number of halogens is 5. The minimum absolute atomic E-state index is 1.44. The van der Waals surface area contributed by atoms with Crippen LogP contribution in [0, 0.1) is 0 Å². The molecule has 2 nitrogen and oxygen atoms in total. The topological polar surface area (TPSA) is 12.5 Å². The first-order valence-electron chi connectivity index (χ1n) is 1.79. The second kappa shape index (κ2) is 1.50. The molecule has 1 saturated heterocycles. The standard InChI is InChI=1S/C2ClF4NO/c3-1(4)2(5,6)8(7)9-1/t1-/m0/s1. The van der Waals surface area contributed by atoms with Gasteiger partial charge in [-0.15, -0.1) is 0 Å². The lowest BCUT2D eigenvalue weighted by Crippen LogP contribution is -2.64. The van der Waals surface area contributed by atoms with Crippen molar-refractivity contribution in [2.45, 2.75) is 11.4 Å². The van der Waals surface area contributed by atoms with Crippen LogP contribution in [-0.4, -0.2) is 16.6 Å². The van der Waals surface area contributed by atoms with Gasteiger partial charge in [-0.3, -0.25) is 0 Å². The van der Waals surface area contributed by atoms with Crippen molar-refractivity contribution >= 4 is 11.6 Å². The van der Waals surface area contributed by atoms with Crippen molar-refractivity contribution in [2.75, 3.05) is 0 Å². The maximum atomic E-state index is 11.7. The molecule has 9 heavy (non-hydrogen) atoms. The monoisotopic (exact) mass is 165 g/mol. The molecule has 0 spiro atoms. The number of hydroxylamine groups is 1. The molecule has 1 heterocycles. The van der Waals surface area contributed by atoms with Gasteiger partial charge in [0.25, 0.3) is 0 Å². The van der Waals surface area contributed by atoms with Gasteiger partial charge in [0.1, 0.15) is 0 Å². The van der Waals surface area contributed by atoms with Crippen LogP contribution >= 0.6 is 11.6 Å². The van der Waals surface area contributed by atoms with Gasteiger partial charge in [-0.1, -0.05) is 4.48 Å². The Kier molecular flexibility index (Phi) is 1.17. The van der Waals surface area contributed by atoms with E-state index in [0.29, 0.717) is 0 Å². The summed E-state index contributed by atoms with van der Waals surface area (Å²) >= 11 is 4.27. The highest BCUT2D eigenvalue weighted by molar-refractivity contribution is 6.22. The van der Waals surface area contributed by atoms with Gasteiger partial charge in [-0.2, -0.15) is 13.2 Å². The number of hydrogen-bond donors (Lipinski definition) is 0. The van der Waals surface area contributed by atoms with Crippen LogP contribution in [0.1, 0.15) is 0 Å². The van der Waals surface area contributed by atoms with Gasteiger partial charge in [-0.05, 0) is 11.6 Å². The van der Waals surface area contributed by atoms with E-state index < -0.39 is 16.6 Å². The minimum atomic E-state index is -4.38. The zero-order valence-corrected chi connectivity index (χ0v) is 4.50. The molecule has 0 amide bonds. The Bertz CT molecular complexity index is 139. The molecule has 0 radical (unpaired) electrons. The molecule has 0 aromatic heterocycles. The lowest BCUT2D eigenvalue weighted by Gasteiger charge is -2.39. The predicted molar refractivity (Wildman–Crippen MR) is 18.7 cm³/mol. The van der Waals surface area contributed by atoms with Crippen LogP contribution in [0.3, 0.4) is 0 Å². The molecule has 0 aliphatic carbocycles. The summed E-state index contributed by atoms with van der Waals surface area (Å²) in [7, 11) is 0. The maximum absolute atomic E-state index is 11.7. The molecule has 0 saturated carbocycles. The zero-order chi connectivity index (χ0) is 7.28. The van der Waals surface area contributed by atoms with E-state index in [4.69, 9.17) is 0 Å². The number of hydrogen-bond acceptors (Lipinski definition) is 2. The summed E-state index contributed by atoms with van der Waals surface area (Å²) in [5.74, 6) is 0. The van der Waals surface area contributed by atoms with Gasteiger partial charge in [0.15, 0.2) is 0 Å². The highest BCUT2D eigenvalue weighted by atomic mass is 35.5. The number of rotatable bonds is 0. The first-order chi connectivity index (χ1) is 3.88. The third-order valence-electron chi connectivity index (χ3n) is 0.766. The molecule has 1 aliphatic rings. The van der Waals surface area contributed by atoms with E-state index in [1.807, 2.05) is 0 Å². The largest absolute Gasteiger partial charge is 0.426 e. The van der Waals surface area contributed by atoms with Crippen molar-refractivity contribution in [3.63, 3.8) is 0 Å². The summed E-state index contributed by atoms with van der Waals surface area (Å²) in [5.41, 5.74) is 0. The second-order valence-electron chi connectivity index (χ2n) is 1.39. The summed E-state index contributed by atoms with van der Waals surface area (Å²) in [5, 5.41) is -5.16. The number of nitrogens with zero attached hydrogens (tertiary/aromatic N) is 1. The van der Waals surface area contributed by atoms with Crippen LogP contribution in [0.5, 0.6) is 0 Å². The summed E-state index contributed by atoms with van der Waals surface area (Å²) in [6, 6.07) is -4.38. The normalized spacial score (nSPS) is 42.3. The highest BCUT2D eigenvalue weighted by Crippen LogP contribution is 2.50. The fourth-order valence-corrected chi connectivity index (χ4v) is 0.403. The zero-order valence-electron chi connectivity index (χ0n) is 3.75. The van der Waals surface area contributed by atoms with Crippen LogP contribution < -0.4 is 0 Å². The first kappa shape index (κ1) is 7.04. The second-order valence-corrected chi connectivity index (χ2v) is 1.88. The van der Waals surface area contributed by atoms with Crippen molar-refractivity contribution in [2.24, 2.45) is 0 Å². The molecule has 0 aromatic carbocycles. The Morgan fingerprint density at radius 2 is 1.78 bits per heavy atom. The van der Waals surface area contributed by atoms with Crippen molar-refractivity contribution in [3.8, 4) is 0 Å². The van der Waals surface area contributed by atoms with E-state index in [-0.39, 0.29) is 0 Å². The minimum Gasteiger partial charge on any atom is -0.201 e. The van der Waals surface area contributed by atoms with E-state index in [0.717, 1.165) is 0 Å². The van der Waals surface area contributed by atoms with Crippen LogP contribution in [0.15, 0.2) is 0 Å². The van der Waals surface area contributed by atoms with E-state index in [9.17, 15) is 17.7 Å². The summed E-state index contributed by atoms with van der Waals surface area (Å²) in [4.78, 5) is 3.06. The summed E-state index contributed by atoms with van der Waals surface area (Å²) in [6.07, 6.45) is 0. The fraction of sp³-hybridized carbons (Fsp3) is 1.00. The molecule has 1 aliphatic heterocycles. The van der Waals surface area contributed by atoms with Crippen molar-refractivity contribution in [1.29, 1.82) is 0 Å². The molecule has 0 N–H and O–H groups in total. The molecule has 54 valence electrons. The Hall–Kier alpha value is -0.0700. The molecule has 0 unspecified atom stereocenters. The summed E-state index contributed by atoms with van der Waals surface area (Å²) < 4.78 is 46.3. The fourth-order valence-electron chi connectivity index (χ4n) is 0.276. The van der Waals surface area contributed by atoms with Gasteiger partial charge in [-0.25, -0.2) is 4.84 Å². The van der Waals surface area contributed by atoms with Gasteiger partial charge in [0.05, 0.1) is 5.29 Å². The molecule has 7 heteroatoms. The highest BCUT2D eigenvalue weighted by Gasteiger charge is 2.73. The molecule has 0 aromatic rings. The quantitative estimate of drug-likeness (QED) is 0.234. The number of alkyl halides is 4. The van der Waals surface area contributed by atoms with Crippen LogP contribution in [0.4, 0.5) is 17.7 Å². The smallest absolute Gasteiger partial charge is 0.201 e. The van der Waals surface area contributed by atoms with Gasteiger partial charge in [0.2, 0.25) is 0 Å². The maximum Gasteiger partial charge on any atom is 0.426 e. The van der Waals surface area contributed by atoms with Gasteiger partial charge in [0, 0.05) is 0 Å². The van der Waals surface area contributed by atoms with Gasteiger partial charge >= 0.3 is 11.4 Å². The Morgan fingerprint density at radius 1 is 1.33 bits per heavy atom. The molecule has 0 bridgehead atoms. The predicted octanol–water partition coefficient (Wildman–Crippen LogP) is 1.57. The van der Waals surface area contributed by atoms with Crippen LogP contribution in [-0.2, 0) is 4.84 Å². The van der Waals surface area contributed by atoms with Crippen molar-refractivity contribution in [3.05, 3.63) is 0 Å². The van der Waals surface area contributed by atoms with E-state index in [1.165, 1.54) is 0 Å². The van der Waals surface area contributed by atoms with Gasteiger partial charge < -0.3 is 0 Å². The van der Waals surface area contributed by atoms with Crippen molar-refractivity contribution < 1.29 is 22.5 Å². The average molecular weight is 165 g/mol. The lowest BCUT2D eigenvalue weighted by molar-refractivity contribution is -0.582.